The van der Waals surface area contributed by atoms with Crippen LogP contribution in [0.15, 0.2) is 82.9 Å². The van der Waals surface area contributed by atoms with Gasteiger partial charge >= 0.3 is 11.9 Å². The number of ketones is 1. The van der Waals surface area contributed by atoms with Crippen LogP contribution in [-0.2, 0) is 23.9 Å². The number of pyridine rings is 1. The Hall–Kier alpha value is -4.84. The SMILES string of the molecule is CCOC(=O)C1=C(N)N(c2ccc([N+](=O)[O-])cc2C)C2=C(C(=O)[C@H](C(=O)OCC)[C@@H](c3cccs3)C2)[C@@H]1c1cccnc1. The molecule has 11 nitrogen and oxygen atoms in total. The van der Waals surface area contributed by atoms with Gasteiger partial charge in [0.25, 0.3) is 5.69 Å². The number of aryl methyl sites for hydroxylation is 1. The Morgan fingerprint density at radius 1 is 1.16 bits per heavy atom. The van der Waals surface area contributed by atoms with Crippen LogP contribution in [0, 0.1) is 23.0 Å². The normalized spacial score (nSPS) is 20.1. The summed E-state index contributed by atoms with van der Waals surface area (Å²) in [5.41, 5.74) is 8.91. The second-order valence-corrected chi connectivity index (χ2v) is 11.1. The van der Waals surface area contributed by atoms with Gasteiger partial charge in [-0.1, -0.05) is 12.1 Å². The lowest BCUT2D eigenvalue weighted by Crippen LogP contribution is -2.46. The smallest absolute Gasteiger partial charge is 0.338 e. The van der Waals surface area contributed by atoms with Crippen LogP contribution in [0.4, 0.5) is 11.4 Å². The Morgan fingerprint density at radius 2 is 1.93 bits per heavy atom. The van der Waals surface area contributed by atoms with Crippen molar-refractivity contribution in [2.75, 3.05) is 18.1 Å². The molecule has 0 saturated heterocycles. The Morgan fingerprint density at radius 3 is 2.53 bits per heavy atom. The first-order valence-corrected chi connectivity index (χ1v) is 14.7. The number of rotatable bonds is 8. The molecular formula is C31H30N4O7S. The Bertz CT molecular complexity index is 1650. The monoisotopic (exact) mass is 602 g/mol. The largest absolute Gasteiger partial charge is 0.465 e. The number of benzene rings is 1. The highest BCUT2D eigenvalue weighted by Gasteiger charge is 2.51. The zero-order valence-corrected chi connectivity index (χ0v) is 24.6. The standard InChI is InChI=1S/C31H30N4O7S/c1-4-41-30(37)25-20(23-9-7-13-43-23)15-22-26(28(25)36)24(18-8-6-12-33-16-18)27(31(38)42-5-2)29(32)34(22)21-11-10-19(35(39)40)14-17(21)3/h6-14,16,20,24-25H,4-5,15,32H2,1-3H3/t20-,24+,25-/m1/s1. The van der Waals surface area contributed by atoms with E-state index in [9.17, 15) is 24.5 Å². The summed E-state index contributed by atoms with van der Waals surface area (Å²) in [5.74, 6) is -4.57. The van der Waals surface area contributed by atoms with E-state index in [4.69, 9.17) is 15.2 Å². The number of hydrogen-bond acceptors (Lipinski definition) is 11. The molecule has 1 aliphatic carbocycles. The van der Waals surface area contributed by atoms with E-state index in [-0.39, 0.29) is 42.3 Å². The molecule has 0 bridgehead atoms. The van der Waals surface area contributed by atoms with Crippen molar-refractivity contribution < 1.29 is 28.8 Å². The molecule has 3 aromatic rings. The van der Waals surface area contributed by atoms with Crippen LogP contribution in [0.25, 0.3) is 0 Å². The van der Waals surface area contributed by atoms with Crippen LogP contribution in [0.5, 0.6) is 0 Å². The van der Waals surface area contributed by atoms with Crippen LogP contribution in [0.1, 0.15) is 48.1 Å². The van der Waals surface area contributed by atoms with Crippen molar-refractivity contribution in [1.29, 1.82) is 0 Å². The number of thiophene rings is 1. The second kappa shape index (κ2) is 12.2. The fourth-order valence-electron chi connectivity index (χ4n) is 5.87. The second-order valence-electron chi connectivity index (χ2n) is 10.1. The number of carbonyl (C=O) groups excluding carboxylic acids is 3. The number of anilines is 1. The highest BCUT2D eigenvalue weighted by atomic mass is 32.1. The molecule has 222 valence electrons. The summed E-state index contributed by atoms with van der Waals surface area (Å²) in [5, 5.41) is 13.4. The first-order chi connectivity index (χ1) is 20.7. The maximum Gasteiger partial charge on any atom is 0.338 e. The van der Waals surface area contributed by atoms with E-state index in [1.165, 1.54) is 23.5 Å². The lowest BCUT2D eigenvalue weighted by Gasteiger charge is -2.44. The van der Waals surface area contributed by atoms with Gasteiger partial charge in [-0.2, -0.15) is 0 Å². The molecule has 2 aliphatic rings. The van der Waals surface area contributed by atoms with Crippen molar-refractivity contribution in [3.8, 4) is 0 Å². The van der Waals surface area contributed by atoms with Crippen LogP contribution in [0.2, 0.25) is 0 Å². The van der Waals surface area contributed by atoms with E-state index in [2.05, 4.69) is 4.98 Å². The molecule has 0 saturated carbocycles. The summed E-state index contributed by atoms with van der Waals surface area (Å²) in [6, 6.07) is 11.4. The summed E-state index contributed by atoms with van der Waals surface area (Å²) in [6.07, 6.45) is 3.32. The van der Waals surface area contributed by atoms with Crippen molar-refractivity contribution in [3.63, 3.8) is 0 Å². The molecule has 2 aromatic heterocycles. The van der Waals surface area contributed by atoms with Crippen LogP contribution < -0.4 is 10.6 Å². The van der Waals surface area contributed by atoms with Gasteiger partial charge in [0, 0.05) is 46.6 Å². The number of aromatic nitrogens is 1. The molecule has 5 rings (SSSR count). The van der Waals surface area contributed by atoms with Gasteiger partial charge in [-0.25, -0.2) is 4.79 Å². The van der Waals surface area contributed by atoms with Gasteiger partial charge in [0.1, 0.15) is 11.7 Å². The number of nitro benzene ring substituents is 1. The van der Waals surface area contributed by atoms with Crippen LogP contribution in [0.3, 0.4) is 0 Å². The average molecular weight is 603 g/mol. The lowest BCUT2D eigenvalue weighted by molar-refractivity contribution is -0.384. The number of non-ortho nitro benzene ring substituents is 1. The van der Waals surface area contributed by atoms with Crippen molar-refractivity contribution in [2.45, 2.75) is 39.0 Å². The molecule has 1 aliphatic heterocycles. The van der Waals surface area contributed by atoms with Crippen molar-refractivity contribution >= 4 is 40.4 Å². The maximum atomic E-state index is 14.7. The molecule has 3 heterocycles. The van der Waals surface area contributed by atoms with E-state index in [1.807, 2.05) is 17.5 Å². The summed E-state index contributed by atoms with van der Waals surface area (Å²) < 4.78 is 10.8. The first-order valence-electron chi connectivity index (χ1n) is 13.8. The number of esters is 2. The minimum Gasteiger partial charge on any atom is -0.465 e. The Balaban J connectivity index is 1.83. The van der Waals surface area contributed by atoms with Gasteiger partial charge in [0.15, 0.2) is 5.78 Å². The quantitative estimate of drug-likeness (QED) is 0.163. The van der Waals surface area contributed by atoms with Crippen LogP contribution in [-0.4, -0.2) is 40.8 Å². The predicted octanol–water partition coefficient (Wildman–Crippen LogP) is 4.89. The third-order valence-electron chi connectivity index (χ3n) is 7.63. The van der Waals surface area contributed by atoms with E-state index in [0.29, 0.717) is 22.5 Å². The molecule has 0 radical (unpaired) electrons. The average Bonchev–Trinajstić information content (AvgIpc) is 3.52. The lowest BCUT2D eigenvalue weighted by atomic mass is 9.68. The number of ether oxygens (including phenoxy) is 2. The molecule has 0 amide bonds. The molecule has 43 heavy (non-hydrogen) atoms. The first kappa shape index (κ1) is 29.6. The fraction of sp³-hybridized carbons (Fsp3) is 0.290. The van der Waals surface area contributed by atoms with Gasteiger partial charge in [-0.15, -0.1) is 11.3 Å². The van der Waals surface area contributed by atoms with Crippen LogP contribution >= 0.6 is 11.3 Å². The summed E-state index contributed by atoms with van der Waals surface area (Å²) in [7, 11) is 0. The molecule has 2 N–H and O–H groups in total. The number of nitrogens with two attached hydrogens (primary N) is 1. The number of nitro groups is 1. The molecule has 3 atom stereocenters. The minimum absolute atomic E-state index is 0.0110. The Labute approximate surface area is 251 Å². The van der Waals surface area contributed by atoms with Gasteiger partial charge in [0.05, 0.1) is 35.3 Å². The number of hydrogen-bond donors (Lipinski definition) is 1. The zero-order valence-electron chi connectivity index (χ0n) is 23.8. The highest BCUT2D eigenvalue weighted by Crippen LogP contribution is 2.52. The van der Waals surface area contributed by atoms with Gasteiger partial charge in [-0.3, -0.25) is 29.6 Å². The molecule has 0 unspecified atom stereocenters. The van der Waals surface area contributed by atoms with E-state index in [0.717, 1.165) is 4.88 Å². The number of carbonyl (C=O) groups is 3. The highest BCUT2D eigenvalue weighted by molar-refractivity contribution is 7.10. The minimum atomic E-state index is -1.17. The van der Waals surface area contributed by atoms with Crippen molar-refractivity contribution in [3.05, 3.63) is 109 Å². The van der Waals surface area contributed by atoms with Gasteiger partial charge < -0.3 is 15.2 Å². The fourth-order valence-corrected chi connectivity index (χ4v) is 6.73. The molecule has 0 spiro atoms. The molecular weight excluding hydrogens is 572 g/mol. The predicted molar refractivity (Wildman–Crippen MR) is 159 cm³/mol. The van der Waals surface area contributed by atoms with Crippen molar-refractivity contribution in [2.24, 2.45) is 11.7 Å². The van der Waals surface area contributed by atoms with Crippen molar-refractivity contribution in [1.82, 2.24) is 4.98 Å². The maximum absolute atomic E-state index is 14.7. The zero-order chi connectivity index (χ0) is 30.8. The number of allylic oxidation sites excluding steroid dienone is 2. The van der Waals surface area contributed by atoms with E-state index < -0.39 is 40.4 Å². The Kier molecular flexibility index (Phi) is 8.40. The summed E-state index contributed by atoms with van der Waals surface area (Å²) >= 11 is 1.42. The van der Waals surface area contributed by atoms with E-state index in [1.54, 1.807) is 56.3 Å². The van der Waals surface area contributed by atoms with Gasteiger partial charge in [0.2, 0.25) is 0 Å². The third-order valence-corrected chi connectivity index (χ3v) is 8.64. The third kappa shape index (κ3) is 5.29. The topological polar surface area (TPSA) is 155 Å². The van der Waals surface area contributed by atoms with Gasteiger partial charge in [-0.05, 0) is 61.9 Å². The number of Topliss-reactive ketones (excluding diaryl/α,β-unsaturated/α-hetero) is 1. The molecule has 0 fully saturated rings. The summed E-state index contributed by atoms with van der Waals surface area (Å²) in [6.45, 7) is 5.17. The van der Waals surface area contributed by atoms with E-state index >= 15 is 0 Å². The number of nitrogens with zero attached hydrogens (tertiary/aromatic N) is 3. The summed E-state index contributed by atoms with van der Waals surface area (Å²) in [4.78, 5) is 59.4. The molecule has 12 heteroatoms. The molecule has 1 aromatic carbocycles.